The second kappa shape index (κ2) is 7.19. The number of carbonyl (C=O) groups is 1. The van der Waals surface area contributed by atoms with Crippen LogP contribution in [-0.2, 0) is 7.05 Å². The third kappa shape index (κ3) is 3.84. The average molecular weight is 315 g/mol. The summed E-state index contributed by atoms with van der Waals surface area (Å²) in [6, 6.07) is 3.54. The van der Waals surface area contributed by atoms with Crippen molar-refractivity contribution in [2.75, 3.05) is 44.2 Å². The molecule has 0 aliphatic carbocycles. The van der Waals surface area contributed by atoms with Crippen LogP contribution in [0.4, 0.5) is 5.95 Å². The van der Waals surface area contributed by atoms with Crippen LogP contribution in [-0.4, -0.2) is 69.8 Å². The molecule has 122 valence electrons. The van der Waals surface area contributed by atoms with Crippen molar-refractivity contribution in [3.63, 3.8) is 0 Å². The van der Waals surface area contributed by atoms with Crippen LogP contribution in [0.2, 0.25) is 0 Å². The van der Waals surface area contributed by atoms with Crippen LogP contribution < -0.4 is 10.2 Å². The van der Waals surface area contributed by atoms with Crippen LogP contribution in [0.3, 0.4) is 0 Å². The van der Waals surface area contributed by atoms with Gasteiger partial charge < -0.3 is 10.2 Å². The zero-order valence-corrected chi connectivity index (χ0v) is 13.2. The SMILES string of the molecule is Cn1nccc1C(=O)NCCN1CCN(c2ncccn2)CC1. The number of hydrogen-bond donors (Lipinski definition) is 1. The summed E-state index contributed by atoms with van der Waals surface area (Å²) in [4.78, 5) is 25.1. The van der Waals surface area contributed by atoms with E-state index in [-0.39, 0.29) is 5.91 Å². The molecule has 1 aliphatic heterocycles. The highest BCUT2D eigenvalue weighted by atomic mass is 16.2. The van der Waals surface area contributed by atoms with Crippen molar-refractivity contribution in [2.24, 2.45) is 7.05 Å². The molecule has 23 heavy (non-hydrogen) atoms. The molecule has 1 saturated heterocycles. The van der Waals surface area contributed by atoms with Crippen LogP contribution >= 0.6 is 0 Å². The number of carbonyl (C=O) groups excluding carboxylic acids is 1. The first-order chi connectivity index (χ1) is 11.2. The maximum atomic E-state index is 12.0. The van der Waals surface area contributed by atoms with E-state index in [2.05, 4.69) is 30.2 Å². The van der Waals surface area contributed by atoms with Gasteiger partial charge in [0.15, 0.2) is 0 Å². The summed E-state index contributed by atoms with van der Waals surface area (Å²) in [6.45, 7) is 5.16. The standard InChI is InChI=1S/C15H21N7O/c1-20-13(3-6-19-20)14(23)16-7-8-21-9-11-22(12-10-21)15-17-4-2-5-18-15/h2-6H,7-12H2,1H3,(H,16,23). The number of rotatable bonds is 5. The molecule has 1 aliphatic rings. The van der Waals surface area contributed by atoms with Crippen molar-refractivity contribution < 1.29 is 4.79 Å². The lowest BCUT2D eigenvalue weighted by Crippen LogP contribution is -2.49. The maximum Gasteiger partial charge on any atom is 0.269 e. The van der Waals surface area contributed by atoms with E-state index < -0.39 is 0 Å². The molecule has 3 rings (SSSR count). The fraction of sp³-hybridized carbons (Fsp3) is 0.467. The van der Waals surface area contributed by atoms with Crippen molar-refractivity contribution >= 4 is 11.9 Å². The smallest absolute Gasteiger partial charge is 0.269 e. The first-order valence-corrected chi connectivity index (χ1v) is 7.74. The van der Waals surface area contributed by atoms with E-state index in [1.54, 1.807) is 36.4 Å². The predicted octanol–water partition coefficient (Wildman–Crippen LogP) is -0.238. The molecule has 1 fully saturated rings. The van der Waals surface area contributed by atoms with Gasteiger partial charge in [-0.15, -0.1) is 0 Å². The van der Waals surface area contributed by atoms with E-state index in [0.29, 0.717) is 12.2 Å². The highest BCUT2D eigenvalue weighted by Crippen LogP contribution is 2.09. The Labute approximate surface area is 135 Å². The van der Waals surface area contributed by atoms with Crippen molar-refractivity contribution in [3.8, 4) is 0 Å². The zero-order valence-electron chi connectivity index (χ0n) is 13.2. The lowest BCUT2D eigenvalue weighted by atomic mass is 10.3. The second-order valence-electron chi connectivity index (χ2n) is 5.47. The lowest BCUT2D eigenvalue weighted by molar-refractivity contribution is 0.0938. The average Bonchev–Trinajstić information content (AvgIpc) is 3.02. The quantitative estimate of drug-likeness (QED) is 0.820. The minimum Gasteiger partial charge on any atom is -0.349 e. The summed E-state index contributed by atoms with van der Waals surface area (Å²) < 4.78 is 1.58. The number of aryl methyl sites for hydroxylation is 1. The van der Waals surface area contributed by atoms with Gasteiger partial charge in [-0.2, -0.15) is 5.10 Å². The van der Waals surface area contributed by atoms with Crippen molar-refractivity contribution in [2.45, 2.75) is 0 Å². The number of nitrogens with one attached hydrogen (secondary N) is 1. The second-order valence-corrected chi connectivity index (χ2v) is 5.47. The Bertz CT molecular complexity index is 634. The molecule has 8 heteroatoms. The molecule has 0 atom stereocenters. The summed E-state index contributed by atoms with van der Waals surface area (Å²) in [5, 5.41) is 6.94. The Balaban J connectivity index is 1.40. The molecule has 2 aromatic heterocycles. The van der Waals surface area contributed by atoms with Gasteiger partial charge in [0.1, 0.15) is 5.69 Å². The van der Waals surface area contributed by atoms with Crippen LogP contribution in [0.1, 0.15) is 10.5 Å². The van der Waals surface area contributed by atoms with E-state index in [1.807, 2.05) is 6.07 Å². The molecule has 3 heterocycles. The molecule has 0 unspecified atom stereocenters. The van der Waals surface area contributed by atoms with Crippen LogP contribution in [0.15, 0.2) is 30.7 Å². The number of piperazine rings is 1. The third-order valence-corrected chi connectivity index (χ3v) is 3.97. The summed E-state index contributed by atoms with van der Waals surface area (Å²) in [6.07, 6.45) is 5.16. The van der Waals surface area contributed by atoms with Crippen LogP contribution in [0, 0.1) is 0 Å². The minimum absolute atomic E-state index is 0.0821. The summed E-state index contributed by atoms with van der Waals surface area (Å²) in [7, 11) is 1.76. The maximum absolute atomic E-state index is 12.0. The monoisotopic (exact) mass is 315 g/mol. The highest BCUT2D eigenvalue weighted by molar-refractivity contribution is 5.92. The normalized spacial score (nSPS) is 15.6. The van der Waals surface area contributed by atoms with Crippen LogP contribution in [0.5, 0.6) is 0 Å². The van der Waals surface area contributed by atoms with Gasteiger partial charge in [-0.05, 0) is 12.1 Å². The lowest BCUT2D eigenvalue weighted by Gasteiger charge is -2.34. The van der Waals surface area contributed by atoms with Gasteiger partial charge >= 0.3 is 0 Å². The Morgan fingerprint density at radius 2 is 1.91 bits per heavy atom. The topological polar surface area (TPSA) is 79.2 Å². The van der Waals surface area contributed by atoms with Gasteiger partial charge in [-0.1, -0.05) is 0 Å². The number of nitrogens with zero attached hydrogens (tertiary/aromatic N) is 6. The molecule has 0 saturated carbocycles. The number of anilines is 1. The van der Waals surface area contributed by atoms with E-state index in [9.17, 15) is 4.79 Å². The molecule has 1 N–H and O–H groups in total. The molecular weight excluding hydrogens is 294 g/mol. The van der Waals surface area contributed by atoms with Gasteiger partial charge in [-0.25, -0.2) is 9.97 Å². The highest BCUT2D eigenvalue weighted by Gasteiger charge is 2.18. The van der Waals surface area contributed by atoms with E-state index >= 15 is 0 Å². The molecule has 0 spiro atoms. The van der Waals surface area contributed by atoms with Gasteiger partial charge in [-0.3, -0.25) is 14.4 Å². The number of aromatic nitrogens is 4. The van der Waals surface area contributed by atoms with Gasteiger partial charge in [0.05, 0.1) is 0 Å². The molecular formula is C15H21N7O. The molecule has 0 radical (unpaired) electrons. The number of amides is 1. The van der Waals surface area contributed by atoms with Crippen molar-refractivity contribution in [3.05, 3.63) is 36.4 Å². The van der Waals surface area contributed by atoms with Crippen molar-refractivity contribution in [1.82, 2.24) is 30.0 Å². The largest absolute Gasteiger partial charge is 0.349 e. The van der Waals surface area contributed by atoms with Crippen molar-refractivity contribution in [1.29, 1.82) is 0 Å². The molecule has 0 aromatic carbocycles. The molecule has 1 amide bonds. The Morgan fingerprint density at radius 1 is 1.17 bits per heavy atom. The minimum atomic E-state index is -0.0821. The summed E-state index contributed by atoms with van der Waals surface area (Å²) in [5.74, 6) is 0.706. The van der Waals surface area contributed by atoms with E-state index in [1.165, 1.54) is 0 Å². The molecule has 8 nitrogen and oxygen atoms in total. The predicted molar refractivity (Wildman–Crippen MR) is 86.2 cm³/mol. The fourth-order valence-electron chi connectivity index (χ4n) is 2.64. The summed E-state index contributed by atoms with van der Waals surface area (Å²) >= 11 is 0. The third-order valence-electron chi connectivity index (χ3n) is 3.97. The van der Waals surface area contributed by atoms with E-state index in [4.69, 9.17) is 0 Å². The van der Waals surface area contributed by atoms with Gasteiger partial charge in [0.25, 0.3) is 5.91 Å². The Morgan fingerprint density at radius 3 is 2.57 bits per heavy atom. The molecule has 2 aromatic rings. The fourth-order valence-corrected chi connectivity index (χ4v) is 2.64. The zero-order chi connectivity index (χ0) is 16.1. The summed E-state index contributed by atoms with van der Waals surface area (Å²) in [5.41, 5.74) is 0.580. The van der Waals surface area contributed by atoms with E-state index in [0.717, 1.165) is 38.7 Å². The first-order valence-electron chi connectivity index (χ1n) is 7.74. The number of hydrogen-bond acceptors (Lipinski definition) is 6. The van der Waals surface area contributed by atoms with Gasteiger partial charge in [0, 0.05) is 64.9 Å². The van der Waals surface area contributed by atoms with Gasteiger partial charge in [0.2, 0.25) is 5.95 Å². The molecule has 0 bridgehead atoms. The van der Waals surface area contributed by atoms with Crippen LogP contribution in [0.25, 0.3) is 0 Å². The Hall–Kier alpha value is -2.48. The Kier molecular flexibility index (Phi) is 4.82. The first kappa shape index (κ1) is 15.4.